The van der Waals surface area contributed by atoms with Gasteiger partial charge in [-0.05, 0) is 24.1 Å². The van der Waals surface area contributed by atoms with Crippen LogP contribution in [0, 0.1) is 5.41 Å². The number of benzene rings is 1. The van der Waals surface area contributed by atoms with Crippen LogP contribution in [0.3, 0.4) is 0 Å². The fourth-order valence-corrected chi connectivity index (χ4v) is 2.60. The van der Waals surface area contributed by atoms with Crippen LogP contribution in [0.1, 0.15) is 18.9 Å². The highest BCUT2D eigenvalue weighted by molar-refractivity contribution is 5.98. The number of guanidine groups is 1. The van der Waals surface area contributed by atoms with Crippen molar-refractivity contribution in [3.8, 4) is 11.1 Å². The van der Waals surface area contributed by atoms with Crippen molar-refractivity contribution >= 4 is 11.9 Å². The molecule has 0 radical (unpaired) electrons. The van der Waals surface area contributed by atoms with Gasteiger partial charge in [-0.25, -0.2) is 9.97 Å². The molecule has 1 aromatic heterocycles. The molecule has 1 aliphatic heterocycles. The van der Waals surface area contributed by atoms with Gasteiger partial charge in [-0.15, -0.1) is 0 Å². The molecule has 1 amide bonds. The van der Waals surface area contributed by atoms with E-state index in [9.17, 15) is 4.79 Å². The third kappa shape index (κ3) is 2.43. The predicted molar refractivity (Wildman–Crippen MR) is 83.1 cm³/mol. The van der Waals surface area contributed by atoms with Crippen molar-refractivity contribution in [1.29, 1.82) is 5.41 Å². The summed E-state index contributed by atoms with van der Waals surface area (Å²) in [4.78, 5) is 21.5. The molecule has 6 nitrogen and oxygen atoms in total. The summed E-state index contributed by atoms with van der Waals surface area (Å²) in [6.45, 7) is 1.94. The SMILES string of the molecule is CN1C(=N)N[C@](C)(c2cccc(-c3cncnc3)c2)CC1=O. The van der Waals surface area contributed by atoms with Crippen LogP contribution in [0.5, 0.6) is 0 Å². The molecule has 22 heavy (non-hydrogen) atoms. The molecule has 0 saturated carbocycles. The molecule has 1 atom stereocenters. The van der Waals surface area contributed by atoms with E-state index in [2.05, 4.69) is 15.3 Å². The summed E-state index contributed by atoms with van der Waals surface area (Å²) in [5, 5.41) is 11.0. The molecule has 0 bridgehead atoms. The Labute approximate surface area is 128 Å². The quantitative estimate of drug-likeness (QED) is 0.884. The van der Waals surface area contributed by atoms with Crippen molar-refractivity contribution in [2.24, 2.45) is 0 Å². The fraction of sp³-hybridized carbons (Fsp3) is 0.250. The molecule has 1 saturated heterocycles. The minimum Gasteiger partial charge on any atom is -0.346 e. The molecule has 2 aromatic rings. The van der Waals surface area contributed by atoms with Crippen molar-refractivity contribution in [2.45, 2.75) is 18.9 Å². The second-order valence-electron chi connectivity index (χ2n) is 5.64. The molecule has 1 aliphatic rings. The highest BCUT2D eigenvalue weighted by Crippen LogP contribution is 2.31. The first kappa shape index (κ1) is 14.2. The van der Waals surface area contributed by atoms with Gasteiger partial charge in [0.05, 0.1) is 12.0 Å². The Morgan fingerprint density at radius 3 is 2.68 bits per heavy atom. The van der Waals surface area contributed by atoms with Crippen LogP contribution in [0.2, 0.25) is 0 Å². The normalized spacial score (nSPS) is 21.6. The molecule has 0 aliphatic carbocycles. The maximum Gasteiger partial charge on any atom is 0.231 e. The number of amides is 1. The molecule has 6 heteroatoms. The summed E-state index contributed by atoms with van der Waals surface area (Å²) >= 11 is 0. The topological polar surface area (TPSA) is 82.0 Å². The Morgan fingerprint density at radius 2 is 2.00 bits per heavy atom. The summed E-state index contributed by atoms with van der Waals surface area (Å²) in [6.07, 6.45) is 5.31. The maximum atomic E-state index is 12.1. The van der Waals surface area contributed by atoms with Crippen LogP contribution in [-0.4, -0.2) is 33.8 Å². The summed E-state index contributed by atoms with van der Waals surface area (Å²) < 4.78 is 0. The third-order valence-corrected chi connectivity index (χ3v) is 4.00. The lowest BCUT2D eigenvalue weighted by atomic mass is 9.85. The van der Waals surface area contributed by atoms with Crippen LogP contribution in [0.25, 0.3) is 11.1 Å². The Hall–Kier alpha value is -2.76. The van der Waals surface area contributed by atoms with Gasteiger partial charge in [0, 0.05) is 25.0 Å². The number of carbonyl (C=O) groups is 1. The zero-order valence-corrected chi connectivity index (χ0v) is 12.5. The second-order valence-corrected chi connectivity index (χ2v) is 5.64. The minimum absolute atomic E-state index is 0.0697. The first-order chi connectivity index (χ1) is 10.5. The number of rotatable bonds is 2. The monoisotopic (exact) mass is 295 g/mol. The van der Waals surface area contributed by atoms with Gasteiger partial charge in [-0.3, -0.25) is 15.1 Å². The molecule has 112 valence electrons. The van der Waals surface area contributed by atoms with Gasteiger partial charge in [0.2, 0.25) is 5.91 Å². The standard InChI is InChI=1S/C16H17N5O/c1-16(7-14(22)21(2)15(17)20-16)13-5-3-4-11(6-13)12-8-18-10-19-9-12/h3-6,8-10H,7H2,1-2H3,(H2,17,20)/t16-/m0/s1. The second kappa shape index (κ2) is 5.22. The average molecular weight is 295 g/mol. The van der Waals surface area contributed by atoms with Gasteiger partial charge in [0.15, 0.2) is 5.96 Å². The Bertz CT molecular complexity index is 710. The smallest absolute Gasteiger partial charge is 0.231 e. The summed E-state index contributed by atoms with van der Waals surface area (Å²) in [7, 11) is 1.61. The summed E-state index contributed by atoms with van der Waals surface area (Å²) in [6, 6.07) is 7.90. The number of nitrogens with zero attached hydrogens (tertiary/aromatic N) is 3. The molecule has 0 spiro atoms. The van der Waals surface area contributed by atoms with Crippen LogP contribution < -0.4 is 5.32 Å². The van der Waals surface area contributed by atoms with Crippen molar-refractivity contribution in [1.82, 2.24) is 20.2 Å². The number of carbonyl (C=O) groups excluding carboxylic acids is 1. The number of aromatic nitrogens is 2. The molecule has 2 heterocycles. The lowest BCUT2D eigenvalue weighted by Gasteiger charge is -2.39. The van der Waals surface area contributed by atoms with E-state index in [0.717, 1.165) is 16.7 Å². The van der Waals surface area contributed by atoms with E-state index in [1.54, 1.807) is 19.4 Å². The van der Waals surface area contributed by atoms with Gasteiger partial charge in [-0.1, -0.05) is 18.2 Å². The average Bonchev–Trinajstić information content (AvgIpc) is 2.53. The van der Waals surface area contributed by atoms with Gasteiger partial charge in [-0.2, -0.15) is 0 Å². The van der Waals surface area contributed by atoms with E-state index >= 15 is 0 Å². The number of hydrogen-bond donors (Lipinski definition) is 2. The van der Waals surface area contributed by atoms with E-state index in [1.807, 2.05) is 31.2 Å². The zero-order chi connectivity index (χ0) is 15.7. The maximum absolute atomic E-state index is 12.1. The Balaban J connectivity index is 1.99. The molecule has 1 fully saturated rings. The molecule has 3 rings (SSSR count). The minimum atomic E-state index is -0.591. The van der Waals surface area contributed by atoms with E-state index in [1.165, 1.54) is 11.2 Å². The predicted octanol–water partition coefficient (Wildman–Crippen LogP) is 1.75. The Kier molecular flexibility index (Phi) is 3.36. The summed E-state index contributed by atoms with van der Waals surface area (Å²) in [5.74, 6) is 0.0481. The first-order valence-electron chi connectivity index (χ1n) is 6.99. The van der Waals surface area contributed by atoms with Crippen LogP contribution in [0.4, 0.5) is 0 Å². The molecular formula is C16H17N5O. The zero-order valence-electron chi connectivity index (χ0n) is 12.5. The van der Waals surface area contributed by atoms with Gasteiger partial charge >= 0.3 is 0 Å². The van der Waals surface area contributed by atoms with Crippen molar-refractivity contribution < 1.29 is 4.79 Å². The van der Waals surface area contributed by atoms with E-state index < -0.39 is 5.54 Å². The lowest BCUT2D eigenvalue weighted by Crippen LogP contribution is -2.58. The molecule has 2 N–H and O–H groups in total. The van der Waals surface area contributed by atoms with Crippen LogP contribution in [0.15, 0.2) is 43.0 Å². The molecular weight excluding hydrogens is 278 g/mol. The Morgan fingerprint density at radius 1 is 1.27 bits per heavy atom. The van der Waals surface area contributed by atoms with E-state index in [4.69, 9.17) is 5.41 Å². The highest BCUT2D eigenvalue weighted by Gasteiger charge is 2.37. The van der Waals surface area contributed by atoms with Gasteiger partial charge in [0.25, 0.3) is 0 Å². The lowest BCUT2D eigenvalue weighted by molar-refractivity contribution is -0.129. The van der Waals surface area contributed by atoms with Crippen LogP contribution in [-0.2, 0) is 10.3 Å². The summed E-state index contributed by atoms with van der Waals surface area (Å²) in [5.41, 5.74) is 2.27. The number of hydrogen-bond acceptors (Lipinski definition) is 4. The fourth-order valence-electron chi connectivity index (χ4n) is 2.60. The van der Waals surface area contributed by atoms with Crippen LogP contribution >= 0.6 is 0 Å². The third-order valence-electron chi connectivity index (χ3n) is 4.00. The van der Waals surface area contributed by atoms with Crippen molar-refractivity contribution in [2.75, 3.05) is 7.05 Å². The largest absolute Gasteiger partial charge is 0.346 e. The molecule has 0 unspecified atom stereocenters. The van der Waals surface area contributed by atoms with E-state index in [0.29, 0.717) is 6.42 Å². The highest BCUT2D eigenvalue weighted by atomic mass is 16.2. The number of nitrogens with one attached hydrogen (secondary N) is 2. The van der Waals surface area contributed by atoms with Gasteiger partial charge in [0.1, 0.15) is 6.33 Å². The molecule has 1 aromatic carbocycles. The first-order valence-corrected chi connectivity index (χ1v) is 6.99. The van der Waals surface area contributed by atoms with Gasteiger partial charge < -0.3 is 5.32 Å². The van der Waals surface area contributed by atoms with Crippen molar-refractivity contribution in [3.63, 3.8) is 0 Å². The van der Waals surface area contributed by atoms with E-state index in [-0.39, 0.29) is 11.9 Å². The van der Waals surface area contributed by atoms with Crippen molar-refractivity contribution in [3.05, 3.63) is 48.5 Å².